The second kappa shape index (κ2) is 8.71. The molecular formula is C24H21N5O2. The maximum Gasteiger partial charge on any atom is 0.251 e. The van der Waals surface area contributed by atoms with Crippen LogP contribution < -0.4 is 10.9 Å². The molecule has 0 saturated carbocycles. The van der Waals surface area contributed by atoms with Gasteiger partial charge in [0.2, 0.25) is 0 Å². The summed E-state index contributed by atoms with van der Waals surface area (Å²) in [5.41, 5.74) is 4.47. The smallest absolute Gasteiger partial charge is 0.251 e. The van der Waals surface area contributed by atoms with E-state index < -0.39 is 0 Å². The highest BCUT2D eigenvalue weighted by Gasteiger charge is 2.12. The van der Waals surface area contributed by atoms with Crippen LogP contribution in [0.4, 0.5) is 0 Å². The molecule has 0 saturated heterocycles. The highest BCUT2D eigenvalue weighted by atomic mass is 16.2. The van der Waals surface area contributed by atoms with Crippen molar-refractivity contribution in [2.45, 2.75) is 13.5 Å². The maximum absolute atomic E-state index is 12.3. The molecule has 0 aliphatic rings. The van der Waals surface area contributed by atoms with Crippen molar-refractivity contribution in [2.75, 3.05) is 0 Å². The lowest BCUT2D eigenvalue weighted by Gasteiger charge is -2.10. The summed E-state index contributed by atoms with van der Waals surface area (Å²) in [6.07, 6.45) is 5.11. The van der Waals surface area contributed by atoms with Crippen LogP contribution >= 0.6 is 0 Å². The molecule has 3 aromatic heterocycles. The lowest BCUT2D eigenvalue weighted by atomic mass is 10.0. The van der Waals surface area contributed by atoms with Crippen molar-refractivity contribution in [1.29, 1.82) is 0 Å². The number of nitrogens with one attached hydrogen (secondary N) is 1. The van der Waals surface area contributed by atoms with Crippen LogP contribution in [-0.4, -0.2) is 25.4 Å². The molecule has 0 spiro atoms. The van der Waals surface area contributed by atoms with E-state index in [2.05, 4.69) is 20.3 Å². The highest BCUT2D eigenvalue weighted by Crippen LogP contribution is 2.28. The van der Waals surface area contributed by atoms with Gasteiger partial charge in [-0.1, -0.05) is 30.3 Å². The Labute approximate surface area is 179 Å². The van der Waals surface area contributed by atoms with Crippen LogP contribution in [0.15, 0.2) is 78.0 Å². The predicted molar refractivity (Wildman–Crippen MR) is 118 cm³/mol. The molecule has 4 aromatic rings. The van der Waals surface area contributed by atoms with Gasteiger partial charge in [-0.2, -0.15) is 0 Å². The molecule has 0 unspecified atom stereocenters. The molecule has 7 heteroatoms. The second-order valence-corrected chi connectivity index (χ2v) is 7.14. The highest BCUT2D eigenvalue weighted by molar-refractivity contribution is 5.93. The summed E-state index contributed by atoms with van der Waals surface area (Å²) in [4.78, 5) is 37.4. The Kier molecular flexibility index (Phi) is 5.66. The summed E-state index contributed by atoms with van der Waals surface area (Å²) in [5.74, 6) is 0.394. The van der Waals surface area contributed by atoms with E-state index in [9.17, 15) is 9.59 Å². The number of nitrogens with zero attached hydrogens (tertiary/aromatic N) is 4. The monoisotopic (exact) mass is 411 g/mol. The molecule has 1 amide bonds. The van der Waals surface area contributed by atoms with E-state index in [-0.39, 0.29) is 11.5 Å². The Balaban J connectivity index is 1.52. The van der Waals surface area contributed by atoms with Gasteiger partial charge in [-0.3, -0.25) is 14.6 Å². The van der Waals surface area contributed by atoms with Crippen molar-refractivity contribution in [3.63, 3.8) is 0 Å². The third-order valence-electron chi connectivity index (χ3n) is 4.90. The van der Waals surface area contributed by atoms with Crippen LogP contribution in [-0.2, 0) is 13.6 Å². The van der Waals surface area contributed by atoms with Crippen LogP contribution in [0.3, 0.4) is 0 Å². The summed E-state index contributed by atoms with van der Waals surface area (Å²) in [6.45, 7) is 2.21. The quantitative estimate of drug-likeness (QED) is 0.545. The van der Waals surface area contributed by atoms with E-state index in [4.69, 9.17) is 0 Å². The maximum atomic E-state index is 12.3. The number of benzene rings is 1. The zero-order valence-corrected chi connectivity index (χ0v) is 17.2. The van der Waals surface area contributed by atoms with Gasteiger partial charge in [0.05, 0.1) is 11.4 Å². The lowest BCUT2D eigenvalue weighted by molar-refractivity contribution is 0.0950. The number of pyridine rings is 2. The van der Waals surface area contributed by atoms with Gasteiger partial charge in [0.15, 0.2) is 0 Å². The second-order valence-electron chi connectivity index (χ2n) is 7.14. The van der Waals surface area contributed by atoms with Crippen molar-refractivity contribution in [3.05, 3.63) is 100 Å². The van der Waals surface area contributed by atoms with Gasteiger partial charge in [0.25, 0.3) is 11.5 Å². The number of rotatable bonds is 5. The lowest BCUT2D eigenvalue weighted by Crippen LogP contribution is -2.25. The molecule has 1 N–H and O–H groups in total. The number of hydrogen-bond donors (Lipinski definition) is 1. The fourth-order valence-corrected chi connectivity index (χ4v) is 3.15. The third-order valence-corrected chi connectivity index (χ3v) is 4.90. The molecule has 0 aliphatic heterocycles. The number of carbonyl (C=O) groups is 1. The van der Waals surface area contributed by atoms with Gasteiger partial charge in [-0.05, 0) is 30.7 Å². The van der Waals surface area contributed by atoms with Crippen LogP contribution in [0.1, 0.15) is 21.7 Å². The number of carbonyl (C=O) groups excluding carboxylic acids is 1. The minimum Gasteiger partial charge on any atom is -0.348 e. The van der Waals surface area contributed by atoms with Gasteiger partial charge >= 0.3 is 0 Å². The molecule has 7 nitrogen and oxygen atoms in total. The summed E-state index contributed by atoms with van der Waals surface area (Å²) in [6, 6.07) is 16.5. The molecule has 1 aromatic carbocycles. The standard InChI is InChI=1S/C24H21N5O2/c1-16-26-15-20(21-5-3-4-11-25-21)23(28-16)18-8-6-17(7-9-18)14-27-24(31)19-10-12-29(2)22(30)13-19/h3-13,15H,14H2,1-2H3,(H,27,31). The van der Waals surface area contributed by atoms with E-state index >= 15 is 0 Å². The SMILES string of the molecule is Cc1ncc(-c2ccccn2)c(-c2ccc(CNC(=O)c3ccn(C)c(=O)c3)cc2)n1. The number of hydrogen-bond acceptors (Lipinski definition) is 5. The first-order chi connectivity index (χ1) is 15.0. The minimum absolute atomic E-state index is 0.221. The van der Waals surface area contributed by atoms with E-state index in [0.717, 1.165) is 28.1 Å². The van der Waals surface area contributed by atoms with Crippen LogP contribution in [0.5, 0.6) is 0 Å². The Morgan fingerprint density at radius 2 is 1.87 bits per heavy atom. The Morgan fingerprint density at radius 3 is 2.58 bits per heavy atom. The van der Waals surface area contributed by atoms with Gasteiger partial charge < -0.3 is 9.88 Å². The van der Waals surface area contributed by atoms with Crippen molar-refractivity contribution < 1.29 is 4.79 Å². The molecule has 0 radical (unpaired) electrons. The van der Waals surface area contributed by atoms with Gasteiger partial charge in [0.1, 0.15) is 5.82 Å². The first-order valence-corrected chi connectivity index (χ1v) is 9.80. The molecule has 154 valence electrons. The zero-order chi connectivity index (χ0) is 21.8. The predicted octanol–water partition coefficient (Wildman–Crippen LogP) is 3.14. The summed E-state index contributed by atoms with van der Waals surface area (Å²) < 4.78 is 1.42. The van der Waals surface area contributed by atoms with Crippen LogP contribution in [0.25, 0.3) is 22.5 Å². The van der Waals surface area contributed by atoms with E-state index in [1.807, 2.05) is 49.4 Å². The summed E-state index contributed by atoms with van der Waals surface area (Å²) >= 11 is 0. The third kappa shape index (κ3) is 4.56. The van der Waals surface area contributed by atoms with Crippen LogP contribution in [0.2, 0.25) is 0 Å². The number of aromatic nitrogens is 4. The fraction of sp³-hybridized carbons (Fsp3) is 0.125. The average molecular weight is 411 g/mol. The van der Waals surface area contributed by atoms with E-state index in [0.29, 0.717) is 17.9 Å². The topological polar surface area (TPSA) is 89.8 Å². The number of amides is 1. The Morgan fingerprint density at radius 1 is 1.06 bits per heavy atom. The fourth-order valence-electron chi connectivity index (χ4n) is 3.15. The Bertz CT molecular complexity index is 1280. The van der Waals surface area contributed by atoms with Gasteiger partial charge in [-0.15, -0.1) is 0 Å². The van der Waals surface area contributed by atoms with Crippen molar-refractivity contribution in [2.24, 2.45) is 7.05 Å². The van der Waals surface area contributed by atoms with E-state index in [1.54, 1.807) is 31.7 Å². The van der Waals surface area contributed by atoms with Crippen molar-refractivity contribution >= 4 is 5.91 Å². The molecule has 0 bridgehead atoms. The van der Waals surface area contributed by atoms with Crippen LogP contribution in [0, 0.1) is 6.92 Å². The molecule has 3 heterocycles. The largest absolute Gasteiger partial charge is 0.348 e. The van der Waals surface area contributed by atoms with E-state index in [1.165, 1.54) is 10.6 Å². The summed E-state index contributed by atoms with van der Waals surface area (Å²) in [5, 5.41) is 2.84. The molecule has 0 fully saturated rings. The van der Waals surface area contributed by atoms with Gasteiger partial charge in [-0.25, -0.2) is 9.97 Å². The minimum atomic E-state index is -0.286. The molecular weight excluding hydrogens is 390 g/mol. The first-order valence-electron chi connectivity index (χ1n) is 9.80. The first kappa shape index (κ1) is 20.2. The molecule has 31 heavy (non-hydrogen) atoms. The van der Waals surface area contributed by atoms with Crippen molar-refractivity contribution in [3.8, 4) is 22.5 Å². The Hall–Kier alpha value is -4.13. The van der Waals surface area contributed by atoms with Crippen molar-refractivity contribution in [1.82, 2.24) is 24.8 Å². The molecule has 0 atom stereocenters. The zero-order valence-electron chi connectivity index (χ0n) is 17.2. The summed E-state index contributed by atoms with van der Waals surface area (Å²) in [7, 11) is 1.64. The van der Waals surface area contributed by atoms with Gasteiger partial charge in [0, 0.05) is 54.9 Å². The average Bonchev–Trinajstić information content (AvgIpc) is 2.80. The molecule has 4 rings (SSSR count). The number of aryl methyl sites for hydroxylation is 2. The molecule has 0 aliphatic carbocycles. The normalized spacial score (nSPS) is 10.6.